The Bertz CT molecular complexity index is 1050. The molecule has 31 heavy (non-hydrogen) atoms. The van der Waals surface area contributed by atoms with Crippen LogP contribution < -0.4 is 9.62 Å². The number of amides is 1. The lowest BCUT2D eigenvalue weighted by atomic mass is 10.1. The predicted molar refractivity (Wildman–Crippen MR) is 108 cm³/mol. The topological polar surface area (TPSA) is 88.6 Å². The highest BCUT2D eigenvalue weighted by atomic mass is 35.5. The summed E-state index contributed by atoms with van der Waals surface area (Å²) < 4.78 is 71.6. The summed E-state index contributed by atoms with van der Waals surface area (Å²) in [6.07, 6.45) is -2.06. The number of carbonyl (C=O) groups is 1. The van der Waals surface area contributed by atoms with Crippen molar-refractivity contribution in [1.29, 1.82) is 0 Å². The van der Waals surface area contributed by atoms with E-state index in [2.05, 4.69) is 4.98 Å². The van der Waals surface area contributed by atoms with Gasteiger partial charge in [-0.2, -0.15) is 13.2 Å². The van der Waals surface area contributed by atoms with Crippen LogP contribution in [0.5, 0.6) is 0 Å². The van der Waals surface area contributed by atoms with Crippen molar-refractivity contribution in [3.05, 3.63) is 52.7 Å². The fourth-order valence-electron chi connectivity index (χ4n) is 3.22. The van der Waals surface area contributed by atoms with Gasteiger partial charge in [0, 0.05) is 31.4 Å². The molecule has 1 amide bonds. The van der Waals surface area contributed by atoms with Crippen molar-refractivity contribution in [1.82, 2.24) is 9.71 Å². The Morgan fingerprint density at radius 1 is 1.23 bits per heavy atom. The molecular formula is C19H19ClF3N3O4S. The molecule has 0 bridgehead atoms. The van der Waals surface area contributed by atoms with Gasteiger partial charge in [0.1, 0.15) is 10.7 Å². The van der Waals surface area contributed by atoms with Gasteiger partial charge in [-0.3, -0.25) is 4.79 Å². The molecular weight excluding hydrogens is 459 g/mol. The number of carbonyl (C=O) groups excluding carboxylic acids is 1. The molecule has 0 unspecified atom stereocenters. The monoisotopic (exact) mass is 477 g/mol. The molecule has 0 atom stereocenters. The predicted octanol–water partition coefficient (Wildman–Crippen LogP) is 3.49. The Morgan fingerprint density at radius 2 is 1.90 bits per heavy atom. The second-order valence-electron chi connectivity index (χ2n) is 6.90. The first-order chi connectivity index (χ1) is 14.5. The SMILES string of the molecule is COC1CCN(c2ccc(S(=O)(=O)NC(=O)c3ccc(Cl)cc3C(F)(F)F)cn2)CC1. The molecule has 1 aliphatic heterocycles. The number of benzene rings is 1. The van der Waals surface area contributed by atoms with Crippen LogP contribution in [0.2, 0.25) is 5.02 Å². The third-order valence-corrected chi connectivity index (χ3v) is 6.44. The van der Waals surface area contributed by atoms with E-state index in [1.807, 2.05) is 4.90 Å². The smallest absolute Gasteiger partial charge is 0.381 e. The molecule has 3 rings (SSSR count). The van der Waals surface area contributed by atoms with Crippen LogP contribution >= 0.6 is 11.6 Å². The molecule has 1 saturated heterocycles. The fraction of sp³-hybridized carbons (Fsp3) is 0.368. The number of sulfonamides is 1. The Morgan fingerprint density at radius 3 is 2.45 bits per heavy atom. The molecule has 7 nitrogen and oxygen atoms in total. The number of piperidine rings is 1. The number of pyridine rings is 1. The van der Waals surface area contributed by atoms with Crippen molar-refractivity contribution < 1.29 is 31.1 Å². The molecule has 2 aromatic rings. The Labute approximate surface area is 182 Å². The van der Waals surface area contributed by atoms with E-state index in [1.54, 1.807) is 11.8 Å². The molecule has 1 aliphatic rings. The Hall–Kier alpha value is -2.37. The van der Waals surface area contributed by atoms with Crippen LogP contribution in [0, 0.1) is 0 Å². The number of hydrogen-bond acceptors (Lipinski definition) is 6. The van der Waals surface area contributed by atoms with Gasteiger partial charge in [-0.1, -0.05) is 11.6 Å². The van der Waals surface area contributed by atoms with Gasteiger partial charge in [-0.05, 0) is 43.2 Å². The van der Waals surface area contributed by atoms with Crippen LogP contribution in [0.15, 0.2) is 41.4 Å². The number of rotatable bonds is 5. The lowest BCUT2D eigenvalue weighted by molar-refractivity contribution is -0.137. The Kier molecular flexibility index (Phi) is 6.77. The molecule has 0 saturated carbocycles. The van der Waals surface area contributed by atoms with Crippen LogP contribution in [0.3, 0.4) is 0 Å². The van der Waals surface area contributed by atoms with E-state index in [9.17, 15) is 26.4 Å². The molecule has 0 aliphatic carbocycles. The van der Waals surface area contributed by atoms with Crippen molar-refractivity contribution in [2.24, 2.45) is 0 Å². The van der Waals surface area contributed by atoms with Gasteiger partial charge >= 0.3 is 6.18 Å². The summed E-state index contributed by atoms with van der Waals surface area (Å²) in [4.78, 5) is 18.1. The number of alkyl halides is 3. The zero-order valence-electron chi connectivity index (χ0n) is 16.3. The average Bonchev–Trinajstić information content (AvgIpc) is 2.73. The van der Waals surface area contributed by atoms with Gasteiger partial charge in [-0.25, -0.2) is 18.1 Å². The van der Waals surface area contributed by atoms with Gasteiger partial charge in [0.05, 0.1) is 17.2 Å². The van der Waals surface area contributed by atoms with Crippen molar-refractivity contribution in [2.45, 2.75) is 30.0 Å². The maximum absolute atomic E-state index is 13.2. The lowest BCUT2D eigenvalue weighted by Crippen LogP contribution is -2.37. The lowest BCUT2D eigenvalue weighted by Gasteiger charge is -2.32. The number of anilines is 1. The molecule has 1 aromatic carbocycles. The van der Waals surface area contributed by atoms with Crippen LogP contribution in [-0.4, -0.2) is 45.6 Å². The van der Waals surface area contributed by atoms with E-state index in [-0.39, 0.29) is 16.0 Å². The number of nitrogens with zero attached hydrogens (tertiary/aromatic N) is 2. The maximum Gasteiger partial charge on any atom is 0.417 e. The summed E-state index contributed by atoms with van der Waals surface area (Å²) in [6.45, 7) is 1.37. The highest BCUT2D eigenvalue weighted by Crippen LogP contribution is 2.34. The summed E-state index contributed by atoms with van der Waals surface area (Å²) in [5, 5.41) is -0.235. The standard InChI is InChI=1S/C19H19ClF3N3O4S/c1-30-13-6-8-26(9-7-13)17-5-3-14(11-24-17)31(28,29)25-18(27)15-4-2-12(20)10-16(15)19(21,22)23/h2-5,10-11,13H,6-9H2,1H3,(H,25,27). The summed E-state index contributed by atoms with van der Waals surface area (Å²) in [7, 11) is -2.79. The summed E-state index contributed by atoms with van der Waals surface area (Å²) in [5.74, 6) is -0.869. The minimum absolute atomic E-state index is 0.167. The number of aromatic nitrogens is 1. The van der Waals surface area contributed by atoms with Gasteiger partial charge in [0.2, 0.25) is 0 Å². The third-order valence-electron chi connectivity index (χ3n) is 4.89. The van der Waals surface area contributed by atoms with Crippen molar-refractivity contribution in [3.63, 3.8) is 0 Å². The summed E-state index contributed by atoms with van der Waals surface area (Å²) in [6, 6.07) is 5.18. The highest BCUT2D eigenvalue weighted by Gasteiger charge is 2.36. The largest absolute Gasteiger partial charge is 0.417 e. The van der Waals surface area contributed by atoms with Crippen molar-refractivity contribution >= 4 is 33.3 Å². The van der Waals surface area contributed by atoms with E-state index in [1.165, 1.54) is 12.1 Å². The van der Waals surface area contributed by atoms with Crippen LogP contribution in [0.1, 0.15) is 28.8 Å². The number of methoxy groups -OCH3 is 1. The number of halogens is 4. The zero-order chi connectivity index (χ0) is 22.8. The summed E-state index contributed by atoms with van der Waals surface area (Å²) >= 11 is 5.58. The molecule has 1 aromatic heterocycles. The normalized spacial score (nSPS) is 15.7. The minimum atomic E-state index is -4.89. The Balaban J connectivity index is 1.76. The number of hydrogen-bond donors (Lipinski definition) is 1. The minimum Gasteiger partial charge on any atom is -0.381 e. The fourth-order valence-corrected chi connectivity index (χ4v) is 4.31. The van der Waals surface area contributed by atoms with Crippen molar-refractivity contribution in [3.8, 4) is 0 Å². The van der Waals surface area contributed by atoms with Crippen LogP contribution in [0.4, 0.5) is 19.0 Å². The molecule has 12 heteroatoms. The van der Waals surface area contributed by atoms with Crippen LogP contribution in [-0.2, 0) is 20.9 Å². The van der Waals surface area contributed by atoms with E-state index in [4.69, 9.17) is 16.3 Å². The first-order valence-electron chi connectivity index (χ1n) is 9.19. The zero-order valence-corrected chi connectivity index (χ0v) is 17.9. The molecule has 2 heterocycles. The summed E-state index contributed by atoms with van der Waals surface area (Å²) in [5.41, 5.74) is -2.19. The van der Waals surface area contributed by atoms with Crippen molar-refractivity contribution in [2.75, 3.05) is 25.1 Å². The van der Waals surface area contributed by atoms with Gasteiger partial charge in [-0.15, -0.1) is 0 Å². The second kappa shape index (κ2) is 9.01. The van der Waals surface area contributed by atoms with E-state index >= 15 is 0 Å². The van der Waals surface area contributed by atoms with Gasteiger partial charge in [0.15, 0.2) is 0 Å². The third kappa shape index (κ3) is 5.46. The average molecular weight is 478 g/mol. The molecule has 0 radical (unpaired) electrons. The maximum atomic E-state index is 13.2. The quantitative estimate of drug-likeness (QED) is 0.709. The molecule has 168 valence electrons. The van der Waals surface area contributed by atoms with Crippen LogP contribution in [0.25, 0.3) is 0 Å². The first-order valence-corrected chi connectivity index (χ1v) is 11.0. The number of ether oxygens (including phenoxy) is 1. The number of nitrogens with one attached hydrogen (secondary N) is 1. The first kappa shape index (κ1) is 23.3. The van der Waals surface area contributed by atoms with E-state index < -0.39 is 33.2 Å². The van der Waals surface area contributed by atoms with Gasteiger partial charge in [0.25, 0.3) is 15.9 Å². The van der Waals surface area contributed by atoms with Gasteiger partial charge < -0.3 is 9.64 Å². The molecule has 1 fully saturated rings. The highest BCUT2D eigenvalue weighted by molar-refractivity contribution is 7.90. The van der Waals surface area contributed by atoms with E-state index in [0.29, 0.717) is 25.0 Å². The second-order valence-corrected chi connectivity index (χ2v) is 9.02. The molecule has 0 spiro atoms. The molecule has 1 N–H and O–H groups in total. The van der Waals surface area contributed by atoms with E-state index in [0.717, 1.165) is 31.2 Å².